The van der Waals surface area contributed by atoms with Gasteiger partial charge in [-0.1, -0.05) is 12.1 Å². The van der Waals surface area contributed by atoms with E-state index in [2.05, 4.69) is 0 Å². The second-order valence-corrected chi connectivity index (χ2v) is 2.58. The number of aliphatic hydroxyl groups is 1. The molecular formula is C10H12O3. The summed E-state index contributed by atoms with van der Waals surface area (Å²) in [7, 11) is 0. The number of hydrogen-bond acceptors (Lipinski definition) is 3. The average Bonchev–Trinajstić information content (AvgIpc) is 2.18. The minimum atomic E-state index is -0.0749. The monoisotopic (exact) mass is 180 g/mol. The molecule has 0 aliphatic carbocycles. The Bertz CT molecular complexity index is 294. The van der Waals surface area contributed by atoms with Crippen LogP contribution in [-0.4, -0.2) is 18.0 Å². The highest BCUT2D eigenvalue weighted by Crippen LogP contribution is 2.19. The molecule has 3 nitrogen and oxygen atoms in total. The molecule has 0 unspecified atom stereocenters. The first-order chi connectivity index (χ1) is 6.31. The van der Waals surface area contributed by atoms with Crippen LogP contribution in [0.15, 0.2) is 18.2 Å². The second-order valence-electron chi connectivity index (χ2n) is 2.58. The van der Waals surface area contributed by atoms with Gasteiger partial charge in [0.25, 0.3) is 0 Å². The molecule has 13 heavy (non-hydrogen) atoms. The van der Waals surface area contributed by atoms with Crippen LogP contribution < -0.4 is 4.74 Å². The zero-order chi connectivity index (χ0) is 9.68. The first-order valence-corrected chi connectivity index (χ1v) is 4.13. The lowest BCUT2D eigenvalue weighted by Gasteiger charge is -2.08. The molecule has 0 saturated heterocycles. The van der Waals surface area contributed by atoms with Crippen LogP contribution in [0.4, 0.5) is 0 Å². The van der Waals surface area contributed by atoms with Crippen molar-refractivity contribution in [2.45, 2.75) is 13.5 Å². The molecule has 1 rings (SSSR count). The van der Waals surface area contributed by atoms with Crippen LogP contribution in [0, 0.1) is 0 Å². The van der Waals surface area contributed by atoms with Crippen molar-refractivity contribution >= 4 is 6.29 Å². The summed E-state index contributed by atoms with van der Waals surface area (Å²) in [5.41, 5.74) is 1.26. The molecule has 0 atom stereocenters. The summed E-state index contributed by atoms with van der Waals surface area (Å²) in [5.74, 6) is 0.578. The number of hydrogen-bond donors (Lipinski definition) is 1. The molecule has 1 aromatic rings. The molecule has 0 aromatic heterocycles. The minimum absolute atomic E-state index is 0.0749. The number of benzene rings is 1. The molecule has 0 heterocycles. The van der Waals surface area contributed by atoms with Crippen molar-refractivity contribution in [3.63, 3.8) is 0 Å². The van der Waals surface area contributed by atoms with Gasteiger partial charge in [-0.05, 0) is 13.0 Å². The summed E-state index contributed by atoms with van der Waals surface area (Å²) >= 11 is 0. The average molecular weight is 180 g/mol. The van der Waals surface area contributed by atoms with Gasteiger partial charge in [0.05, 0.1) is 13.2 Å². The molecule has 0 saturated carbocycles. The number of carbonyl (C=O) groups excluding carboxylic acids is 1. The van der Waals surface area contributed by atoms with E-state index in [9.17, 15) is 4.79 Å². The fourth-order valence-electron chi connectivity index (χ4n) is 1.06. The number of aliphatic hydroxyl groups excluding tert-OH is 1. The smallest absolute Gasteiger partial charge is 0.150 e. The third kappa shape index (κ3) is 2.29. The SMILES string of the molecule is CCOc1cc(C=O)ccc1CO. The number of rotatable bonds is 4. The van der Waals surface area contributed by atoms with E-state index in [1.165, 1.54) is 0 Å². The fourth-order valence-corrected chi connectivity index (χ4v) is 1.06. The maximum Gasteiger partial charge on any atom is 0.150 e. The van der Waals surface area contributed by atoms with Gasteiger partial charge < -0.3 is 9.84 Å². The van der Waals surface area contributed by atoms with Crippen LogP contribution in [-0.2, 0) is 6.61 Å². The van der Waals surface area contributed by atoms with Crippen LogP contribution in [0.2, 0.25) is 0 Å². The highest BCUT2D eigenvalue weighted by atomic mass is 16.5. The number of ether oxygens (including phenoxy) is 1. The van der Waals surface area contributed by atoms with Crippen molar-refractivity contribution in [3.8, 4) is 5.75 Å². The highest BCUT2D eigenvalue weighted by molar-refractivity contribution is 5.75. The summed E-state index contributed by atoms with van der Waals surface area (Å²) in [5, 5.41) is 8.94. The Labute approximate surface area is 77.0 Å². The Morgan fingerprint density at radius 3 is 2.85 bits per heavy atom. The zero-order valence-corrected chi connectivity index (χ0v) is 7.49. The van der Waals surface area contributed by atoms with Crippen LogP contribution in [0.1, 0.15) is 22.8 Å². The van der Waals surface area contributed by atoms with Crippen molar-refractivity contribution < 1.29 is 14.6 Å². The van der Waals surface area contributed by atoms with Gasteiger partial charge in [0.1, 0.15) is 12.0 Å². The van der Waals surface area contributed by atoms with Gasteiger partial charge >= 0.3 is 0 Å². The van der Waals surface area contributed by atoms with E-state index in [0.29, 0.717) is 23.5 Å². The molecule has 1 N–H and O–H groups in total. The van der Waals surface area contributed by atoms with Gasteiger partial charge in [-0.2, -0.15) is 0 Å². The largest absolute Gasteiger partial charge is 0.493 e. The molecule has 0 amide bonds. The lowest BCUT2D eigenvalue weighted by Crippen LogP contribution is -1.97. The predicted octanol–water partition coefficient (Wildman–Crippen LogP) is 1.39. The van der Waals surface area contributed by atoms with E-state index >= 15 is 0 Å². The lowest BCUT2D eigenvalue weighted by molar-refractivity contribution is 0.112. The Balaban J connectivity index is 3.02. The normalized spacial score (nSPS) is 9.69. The van der Waals surface area contributed by atoms with Crippen molar-refractivity contribution in [2.24, 2.45) is 0 Å². The Hall–Kier alpha value is -1.35. The van der Waals surface area contributed by atoms with Crippen molar-refractivity contribution in [2.75, 3.05) is 6.61 Å². The summed E-state index contributed by atoms with van der Waals surface area (Å²) in [4.78, 5) is 10.4. The summed E-state index contributed by atoms with van der Waals surface area (Å²) < 4.78 is 5.25. The molecule has 0 aliphatic rings. The molecule has 0 spiro atoms. The van der Waals surface area contributed by atoms with Gasteiger partial charge in [0, 0.05) is 11.1 Å². The minimum Gasteiger partial charge on any atom is -0.493 e. The summed E-state index contributed by atoms with van der Waals surface area (Å²) in [6, 6.07) is 4.97. The lowest BCUT2D eigenvalue weighted by atomic mass is 10.1. The highest BCUT2D eigenvalue weighted by Gasteiger charge is 2.02. The standard InChI is InChI=1S/C10H12O3/c1-2-13-10-5-8(6-11)3-4-9(10)7-12/h3-6,12H,2,7H2,1H3. The Morgan fingerprint density at radius 1 is 1.54 bits per heavy atom. The first-order valence-electron chi connectivity index (χ1n) is 4.13. The van der Waals surface area contributed by atoms with E-state index in [0.717, 1.165) is 6.29 Å². The third-order valence-corrected chi connectivity index (χ3v) is 1.70. The molecule has 0 radical (unpaired) electrons. The molecular weight excluding hydrogens is 168 g/mol. The topological polar surface area (TPSA) is 46.5 Å². The molecule has 1 aromatic carbocycles. The fraction of sp³-hybridized carbons (Fsp3) is 0.300. The maximum atomic E-state index is 10.4. The first kappa shape index (κ1) is 9.74. The Kier molecular flexibility index (Phi) is 3.46. The van der Waals surface area contributed by atoms with Gasteiger partial charge in [0.15, 0.2) is 0 Å². The second kappa shape index (κ2) is 4.62. The number of carbonyl (C=O) groups is 1. The predicted molar refractivity (Wildman–Crippen MR) is 48.9 cm³/mol. The van der Waals surface area contributed by atoms with Gasteiger partial charge in [-0.25, -0.2) is 0 Å². The van der Waals surface area contributed by atoms with Crippen LogP contribution >= 0.6 is 0 Å². The van der Waals surface area contributed by atoms with E-state index in [1.54, 1.807) is 18.2 Å². The van der Waals surface area contributed by atoms with Crippen molar-refractivity contribution in [3.05, 3.63) is 29.3 Å². The quantitative estimate of drug-likeness (QED) is 0.712. The third-order valence-electron chi connectivity index (χ3n) is 1.70. The molecule has 70 valence electrons. The van der Waals surface area contributed by atoms with Crippen molar-refractivity contribution in [1.29, 1.82) is 0 Å². The molecule has 3 heteroatoms. The van der Waals surface area contributed by atoms with Crippen molar-refractivity contribution in [1.82, 2.24) is 0 Å². The molecule has 0 bridgehead atoms. The Morgan fingerprint density at radius 2 is 2.31 bits per heavy atom. The molecule has 0 aliphatic heterocycles. The number of aldehydes is 1. The van der Waals surface area contributed by atoms with Crippen LogP contribution in [0.25, 0.3) is 0 Å². The van der Waals surface area contributed by atoms with Crippen LogP contribution in [0.5, 0.6) is 5.75 Å². The van der Waals surface area contributed by atoms with E-state index in [4.69, 9.17) is 9.84 Å². The van der Waals surface area contributed by atoms with Gasteiger partial charge in [-0.15, -0.1) is 0 Å². The zero-order valence-electron chi connectivity index (χ0n) is 7.49. The maximum absolute atomic E-state index is 10.4. The van der Waals surface area contributed by atoms with Crippen LogP contribution in [0.3, 0.4) is 0 Å². The summed E-state index contributed by atoms with van der Waals surface area (Å²) in [6.45, 7) is 2.30. The van der Waals surface area contributed by atoms with E-state index in [1.807, 2.05) is 6.92 Å². The summed E-state index contributed by atoms with van der Waals surface area (Å²) in [6.07, 6.45) is 0.754. The molecule has 0 fully saturated rings. The van der Waals surface area contributed by atoms with E-state index in [-0.39, 0.29) is 6.61 Å². The van der Waals surface area contributed by atoms with Gasteiger partial charge in [0.2, 0.25) is 0 Å². The van der Waals surface area contributed by atoms with Gasteiger partial charge in [-0.3, -0.25) is 4.79 Å². The van der Waals surface area contributed by atoms with E-state index < -0.39 is 0 Å².